The van der Waals surface area contributed by atoms with Crippen LogP contribution in [0.4, 0.5) is 0 Å². The smallest absolute Gasteiger partial charge is 0.204 e. The molecule has 2 heterocycles. The number of Topliss-reactive ketones (excluding diaryl/α,β-unsaturated/α-hetero) is 1. The summed E-state index contributed by atoms with van der Waals surface area (Å²) in [6, 6.07) is 3.45. The monoisotopic (exact) mass is 208 g/mol. The van der Waals surface area contributed by atoms with Gasteiger partial charge in [-0.1, -0.05) is 4.49 Å². The molecular formula is C9H8N2O2S. The van der Waals surface area contributed by atoms with E-state index in [0.717, 1.165) is 5.76 Å². The first kappa shape index (κ1) is 9.08. The van der Waals surface area contributed by atoms with Crippen molar-refractivity contribution in [3.05, 3.63) is 34.7 Å². The molecule has 0 aliphatic carbocycles. The predicted molar refractivity (Wildman–Crippen MR) is 51.4 cm³/mol. The topological polar surface area (TPSA) is 56.0 Å². The van der Waals surface area contributed by atoms with Crippen LogP contribution in [0, 0.1) is 6.92 Å². The Balaban J connectivity index is 2.10. The van der Waals surface area contributed by atoms with Crippen molar-refractivity contribution in [2.24, 2.45) is 0 Å². The molecular weight excluding hydrogens is 200 g/mol. The Labute approximate surface area is 84.7 Å². The van der Waals surface area contributed by atoms with Gasteiger partial charge in [0.1, 0.15) is 5.76 Å². The summed E-state index contributed by atoms with van der Waals surface area (Å²) >= 11 is 1.24. The molecule has 2 aromatic rings. The van der Waals surface area contributed by atoms with Crippen molar-refractivity contribution in [1.82, 2.24) is 9.59 Å². The molecule has 0 atom stereocenters. The van der Waals surface area contributed by atoms with Gasteiger partial charge >= 0.3 is 0 Å². The zero-order chi connectivity index (χ0) is 9.97. The fraction of sp³-hybridized carbons (Fsp3) is 0.222. The van der Waals surface area contributed by atoms with E-state index in [2.05, 4.69) is 9.59 Å². The van der Waals surface area contributed by atoms with E-state index in [0.29, 0.717) is 11.5 Å². The fourth-order valence-electron chi connectivity index (χ4n) is 1.10. The highest BCUT2D eigenvalue weighted by molar-refractivity contribution is 7.03. The highest BCUT2D eigenvalue weighted by atomic mass is 32.1. The Morgan fingerprint density at radius 1 is 1.57 bits per heavy atom. The second-order valence-corrected chi connectivity index (χ2v) is 3.52. The molecule has 14 heavy (non-hydrogen) atoms. The number of hydrogen-bond acceptors (Lipinski definition) is 5. The third-order valence-electron chi connectivity index (χ3n) is 1.76. The van der Waals surface area contributed by atoms with Crippen LogP contribution in [0.3, 0.4) is 0 Å². The number of ketones is 1. The molecule has 2 rings (SSSR count). The van der Waals surface area contributed by atoms with Crippen molar-refractivity contribution in [3.8, 4) is 0 Å². The Morgan fingerprint density at radius 2 is 2.43 bits per heavy atom. The summed E-state index contributed by atoms with van der Waals surface area (Å²) in [5.74, 6) is 1.06. The first-order valence-electron chi connectivity index (χ1n) is 4.11. The number of aromatic nitrogens is 2. The van der Waals surface area contributed by atoms with Gasteiger partial charge in [0.15, 0.2) is 5.76 Å². The molecule has 4 nitrogen and oxygen atoms in total. The molecule has 0 aliphatic rings. The van der Waals surface area contributed by atoms with E-state index in [1.807, 2.05) is 0 Å². The van der Waals surface area contributed by atoms with E-state index >= 15 is 0 Å². The quantitative estimate of drug-likeness (QED) is 0.722. The van der Waals surface area contributed by atoms with Crippen LogP contribution in [0.2, 0.25) is 0 Å². The summed E-state index contributed by atoms with van der Waals surface area (Å²) in [6.07, 6.45) is 0.253. The average Bonchev–Trinajstić information content (AvgIpc) is 2.75. The van der Waals surface area contributed by atoms with Crippen LogP contribution in [-0.2, 0) is 6.42 Å². The molecule has 0 amide bonds. The summed E-state index contributed by atoms with van der Waals surface area (Å²) in [4.78, 5) is 11.6. The van der Waals surface area contributed by atoms with Crippen molar-refractivity contribution in [2.75, 3.05) is 0 Å². The zero-order valence-corrected chi connectivity index (χ0v) is 8.37. The minimum Gasteiger partial charge on any atom is -0.458 e. The molecule has 0 saturated carbocycles. The largest absolute Gasteiger partial charge is 0.458 e. The Kier molecular flexibility index (Phi) is 2.41. The van der Waals surface area contributed by atoms with Crippen LogP contribution in [0.25, 0.3) is 0 Å². The number of rotatable bonds is 3. The van der Waals surface area contributed by atoms with E-state index in [9.17, 15) is 4.79 Å². The molecule has 0 unspecified atom stereocenters. The van der Waals surface area contributed by atoms with Crippen LogP contribution in [0.5, 0.6) is 0 Å². The number of aryl methyl sites for hydroxylation is 1. The molecule has 0 aliphatic heterocycles. The minimum absolute atomic E-state index is 0.0641. The number of hydrogen-bond donors (Lipinski definition) is 0. The summed E-state index contributed by atoms with van der Waals surface area (Å²) in [7, 11) is 0. The maximum absolute atomic E-state index is 11.6. The van der Waals surface area contributed by atoms with Gasteiger partial charge in [-0.3, -0.25) is 4.79 Å². The molecule has 0 bridgehead atoms. The lowest BCUT2D eigenvalue weighted by Gasteiger charge is -1.92. The second-order valence-electron chi connectivity index (χ2n) is 2.91. The first-order chi connectivity index (χ1) is 6.75. The molecule has 0 spiro atoms. The molecule has 0 N–H and O–H groups in total. The van der Waals surface area contributed by atoms with Gasteiger partial charge in [-0.05, 0) is 30.6 Å². The molecule has 72 valence electrons. The fourth-order valence-corrected chi connectivity index (χ4v) is 1.55. The highest BCUT2D eigenvalue weighted by Gasteiger charge is 2.12. The normalized spacial score (nSPS) is 10.4. The highest BCUT2D eigenvalue weighted by Crippen LogP contribution is 2.10. The van der Waals surface area contributed by atoms with Gasteiger partial charge in [-0.2, -0.15) is 0 Å². The Bertz CT molecular complexity index is 433. The van der Waals surface area contributed by atoms with Crippen LogP contribution in [0.15, 0.2) is 21.9 Å². The molecule has 0 aromatic carbocycles. The van der Waals surface area contributed by atoms with Crippen molar-refractivity contribution < 1.29 is 9.21 Å². The van der Waals surface area contributed by atoms with E-state index in [1.54, 1.807) is 24.4 Å². The maximum atomic E-state index is 11.6. The lowest BCUT2D eigenvalue weighted by atomic mass is 10.2. The second kappa shape index (κ2) is 3.71. The number of nitrogens with zero attached hydrogens (tertiary/aromatic N) is 2. The molecule has 5 heteroatoms. The van der Waals surface area contributed by atoms with Gasteiger partial charge in [-0.15, -0.1) is 5.10 Å². The van der Waals surface area contributed by atoms with Gasteiger partial charge in [0.2, 0.25) is 5.78 Å². The van der Waals surface area contributed by atoms with E-state index < -0.39 is 0 Å². The summed E-state index contributed by atoms with van der Waals surface area (Å²) < 4.78 is 8.88. The van der Waals surface area contributed by atoms with E-state index in [4.69, 9.17) is 4.42 Å². The van der Waals surface area contributed by atoms with Crippen LogP contribution >= 0.6 is 11.5 Å². The maximum Gasteiger partial charge on any atom is 0.204 e. The number of furan rings is 1. The van der Waals surface area contributed by atoms with Gasteiger partial charge in [0, 0.05) is 5.38 Å². The third kappa shape index (κ3) is 1.88. The van der Waals surface area contributed by atoms with E-state index in [1.165, 1.54) is 11.5 Å². The van der Waals surface area contributed by atoms with Crippen molar-refractivity contribution in [1.29, 1.82) is 0 Å². The predicted octanol–water partition coefficient (Wildman–Crippen LogP) is 1.86. The zero-order valence-electron chi connectivity index (χ0n) is 7.56. The standard InChI is InChI=1S/C9H8N2O2S/c1-6-2-3-9(13-6)8(12)4-7-5-14-11-10-7/h2-3,5H,4H2,1H3. The average molecular weight is 208 g/mol. The molecule has 0 saturated heterocycles. The number of carbonyl (C=O) groups is 1. The Morgan fingerprint density at radius 3 is 3.00 bits per heavy atom. The number of carbonyl (C=O) groups excluding carboxylic acids is 1. The molecule has 0 fully saturated rings. The summed E-state index contributed by atoms with van der Waals surface area (Å²) in [6.45, 7) is 1.81. The van der Waals surface area contributed by atoms with Crippen molar-refractivity contribution in [2.45, 2.75) is 13.3 Å². The molecule has 2 aromatic heterocycles. The summed E-state index contributed by atoms with van der Waals surface area (Å²) in [5, 5.41) is 5.55. The van der Waals surface area contributed by atoms with Gasteiger partial charge < -0.3 is 4.42 Å². The van der Waals surface area contributed by atoms with E-state index in [-0.39, 0.29) is 12.2 Å². The van der Waals surface area contributed by atoms with Crippen molar-refractivity contribution >= 4 is 17.3 Å². The first-order valence-corrected chi connectivity index (χ1v) is 4.95. The third-order valence-corrected chi connectivity index (χ3v) is 2.32. The minimum atomic E-state index is -0.0641. The van der Waals surface area contributed by atoms with Crippen LogP contribution < -0.4 is 0 Å². The van der Waals surface area contributed by atoms with Gasteiger partial charge in [0.25, 0.3) is 0 Å². The van der Waals surface area contributed by atoms with Crippen LogP contribution in [0.1, 0.15) is 22.0 Å². The lowest BCUT2D eigenvalue weighted by molar-refractivity contribution is 0.0964. The van der Waals surface area contributed by atoms with Crippen molar-refractivity contribution in [3.63, 3.8) is 0 Å². The lowest BCUT2D eigenvalue weighted by Crippen LogP contribution is -2.02. The van der Waals surface area contributed by atoms with Gasteiger partial charge in [-0.25, -0.2) is 0 Å². The Hall–Kier alpha value is -1.49. The van der Waals surface area contributed by atoms with Crippen LogP contribution in [-0.4, -0.2) is 15.4 Å². The molecule has 0 radical (unpaired) electrons. The summed E-state index contributed by atoms with van der Waals surface area (Å²) in [5.41, 5.74) is 0.689. The SMILES string of the molecule is Cc1ccc(C(=O)Cc2csnn2)o1. The van der Waals surface area contributed by atoms with Gasteiger partial charge in [0.05, 0.1) is 12.1 Å².